The maximum atomic E-state index is 12.3. The largest absolute Gasteiger partial charge is 0.389 e. The number of sulfonamides is 1. The van der Waals surface area contributed by atoms with Gasteiger partial charge in [0.1, 0.15) is 0 Å². The van der Waals surface area contributed by atoms with Gasteiger partial charge in [0.2, 0.25) is 10.0 Å². The van der Waals surface area contributed by atoms with Crippen molar-refractivity contribution < 1.29 is 13.5 Å². The normalized spacial score (nSPS) is 13.3. The summed E-state index contributed by atoms with van der Waals surface area (Å²) in [5.74, 6) is 0. The molecule has 2 rings (SSSR count). The fourth-order valence-electron chi connectivity index (χ4n) is 1.92. The van der Waals surface area contributed by atoms with Crippen LogP contribution in [0.5, 0.6) is 0 Å². The first-order valence-corrected chi connectivity index (χ1v) is 8.05. The number of nitrogens with zero attached hydrogens (tertiary/aromatic N) is 2. The highest BCUT2D eigenvalue weighted by Crippen LogP contribution is 2.17. The Morgan fingerprint density at radius 1 is 1.43 bits per heavy atom. The molecule has 1 aromatic heterocycles. The quantitative estimate of drug-likeness (QED) is 0.871. The number of aliphatic hydroxyl groups is 1. The number of rotatable bonds is 5. The van der Waals surface area contributed by atoms with Crippen LogP contribution in [0, 0.1) is 6.92 Å². The summed E-state index contributed by atoms with van der Waals surface area (Å²) in [6.45, 7) is 3.66. The number of nitrogens with one attached hydrogen (secondary N) is 1. The standard InChI is InChI=1S/C14H19N3O3S/c1-10-13(8-15-17(10)3)9-16-21(19,20)14-6-4-5-12(7-14)11(2)18/h4-8,11,16,18H,9H2,1-3H3. The summed E-state index contributed by atoms with van der Waals surface area (Å²) in [5, 5.41) is 13.6. The summed E-state index contributed by atoms with van der Waals surface area (Å²) >= 11 is 0. The van der Waals surface area contributed by atoms with Crippen molar-refractivity contribution in [1.82, 2.24) is 14.5 Å². The molecule has 0 aliphatic rings. The lowest BCUT2D eigenvalue weighted by Gasteiger charge is -2.09. The highest BCUT2D eigenvalue weighted by Gasteiger charge is 2.16. The molecule has 0 fully saturated rings. The molecule has 1 aromatic carbocycles. The van der Waals surface area contributed by atoms with Crippen molar-refractivity contribution in [3.8, 4) is 0 Å². The van der Waals surface area contributed by atoms with Gasteiger partial charge < -0.3 is 5.11 Å². The molecule has 1 heterocycles. The summed E-state index contributed by atoms with van der Waals surface area (Å²) in [6, 6.07) is 6.29. The maximum Gasteiger partial charge on any atom is 0.240 e. The first-order valence-electron chi connectivity index (χ1n) is 6.56. The third-order valence-corrected chi connectivity index (χ3v) is 4.84. The first kappa shape index (κ1) is 15.7. The zero-order valence-electron chi connectivity index (χ0n) is 12.2. The van der Waals surface area contributed by atoms with Crippen LogP contribution in [0.4, 0.5) is 0 Å². The Morgan fingerprint density at radius 2 is 2.14 bits per heavy atom. The number of aryl methyl sites for hydroxylation is 1. The molecular weight excluding hydrogens is 290 g/mol. The second kappa shape index (κ2) is 5.97. The van der Waals surface area contributed by atoms with Gasteiger partial charge in [0.15, 0.2) is 0 Å². The van der Waals surface area contributed by atoms with E-state index in [0.29, 0.717) is 5.56 Å². The summed E-state index contributed by atoms with van der Waals surface area (Å²) in [6.07, 6.45) is 0.935. The molecule has 1 atom stereocenters. The van der Waals surface area contributed by atoms with Crippen molar-refractivity contribution in [1.29, 1.82) is 0 Å². The third kappa shape index (κ3) is 3.49. The number of hydrogen-bond acceptors (Lipinski definition) is 4. The van der Waals surface area contributed by atoms with E-state index in [0.717, 1.165) is 11.3 Å². The zero-order valence-corrected chi connectivity index (χ0v) is 13.1. The predicted molar refractivity (Wildman–Crippen MR) is 79.0 cm³/mol. The van der Waals surface area contributed by atoms with Gasteiger partial charge in [-0.3, -0.25) is 4.68 Å². The van der Waals surface area contributed by atoms with Gasteiger partial charge in [0.05, 0.1) is 17.2 Å². The third-order valence-electron chi connectivity index (χ3n) is 3.44. The fourth-order valence-corrected chi connectivity index (χ4v) is 2.98. The lowest BCUT2D eigenvalue weighted by Crippen LogP contribution is -2.23. The summed E-state index contributed by atoms with van der Waals surface area (Å²) in [5.41, 5.74) is 2.30. The number of aliphatic hydroxyl groups excluding tert-OH is 1. The van der Waals surface area contributed by atoms with Crippen LogP contribution in [0.25, 0.3) is 0 Å². The van der Waals surface area contributed by atoms with Gasteiger partial charge in [-0.05, 0) is 31.5 Å². The van der Waals surface area contributed by atoms with Crippen LogP contribution in [0.1, 0.15) is 29.8 Å². The Labute approximate surface area is 124 Å². The molecule has 0 radical (unpaired) electrons. The first-order chi connectivity index (χ1) is 9.81. The second-order valence-electron chi connectivity index (χ2n) is 4.95. The van der Waals surface area contributed by atoms with Crippen molar-refractivity contribution in [3.05, 3.63) is 47.3 Å². The van der Waals surface area contributed by atoms with Gasteiger partial charge in [-0.15, -0.1) is 0 Å². The van der Waals surface area contributed by atoms with E-state index in [1.165, 1.54) is 12.1 Å². The SMILES string of the molecule is Cc1c(CNS(=O)(=O)c2cccc(C(C)O)c2)cnn1C. The molecule has 0 bridgehead atoms. The molecule has 0 saturated carbocycles. The monoisotopic (exact) mass is 309 g/mol. The van der Waals surface area contributed by atoms with Gasteiger partial charge in [-0.1, -0.05) is 12.1 Å². The van der Waals surface area contributed by atoms with Crippen LogP contribution in [-0.2, 0) is 23.6 Å². The molecule has 2 N–H and O–H groups in total. The number of benzene rings is 1. The molecule has 114 valence electrons. The predicted octanol–water partition coefficient (Wildman–Crippen LogP) is 1.26. The number of aromatic nitrogens is 2. The van der Waals surface area contributed by atoms with Gasteiger partial charge in [-0.2, -0.15) is 5.10 Å². The Kier molecular flexibility index (Phi) is 4.46. The minimum Gasteiger partial charge on any atom is -0.389 e. The molecule has 0 aliphatic carbocycles. The molecule has 6 nitrogen and oxygen atoms in total. The van der Waals surface area contributed by atoms with Crippen LogP contribution in [0.3, 0.4) is 0 Å². The maximum absolute atomic E-state index is 12.3. The fraction of sp³-hybridized carbons (Fsp3) is 0.357. The average molecular weight is 309 g/mol. The summed E-state index contributed by atoms with van der Waals surface area (Å²) in [4.78, 5) is 0.141. The van der Waals surface area contributed by atoms with Gasteiger partial charge in [0, 0.05) is 24.8 Å². The minimum atomic E-state index is -3.62. The molecule has 0 saturated heterocycles. The lowest BCUT2D eigenvalue weighted by molar-refractivity contribution is 0.199. The summed E-state index contributed by atoms with van der Waals surface area (Å²) in [7, 11) is -1.82. The van der Waals surface area contributed by atoms with E-state index in [1.807, 2.05) is 6.92 Å². The van der Waals surface area contributed by atoms with Gasteiger partial charge in [0.25, 0.3) is 0 Å². The Morgan fingerprint density at radius 3 is 2.71 bits per heavy atom. The van der Waals surface area contributed by atoms with Crippen LogP contribution < -0.4 is 4.72 Å². The van der Waals surface area contributed by atoms with E-state index in [4.69, 9.17) is 0 Å². The lowest BCUT2D eigenvalue weighted by atomic mass is 10.1. The number of hydrogen-bond donors (Lipinski definition) is 2. The Balaban J connectivity index is 2.19. The average Bonchev–Trinajstić information content (AvgIpc) is 2.77. The van der Waals surface area contributed by atoms with E-state index in [-0.39, 0.29) is 11.4 Å². The van der Waals surface area contributed by atoms with E-state index in [9.17, 15) is 13.5 Å². The van der Waals surface area contributed by atoms with Crippen molar-refractivity contribution in [2.24, 2.45) is 7.05 Å². The molecule has 0 aliphatic heterocycles. The van der Waals surface area contributed by atoms with Gasteiger partial charge >= 0.3 is 0 Å². The minimum absolute atomic E-state index is 0.141. The van der Waals surface area contributed by atoms with Crippen molar-refractivity contribution in [2.75, 3.05) is 0 Å². The Hall–Kier alpha value is -1.70. The van der Waals surface area contributed by atoms with Crippen LogP contribution in [0.2, 0.25) is 0 Å². The molecule has 7 heteroatoms. The van der Waals surface area contributed by atoms with Crippen LogP contribution in [-0.4, -0.2) is 23.3 Å². The molecule has 2 aromatic rings. The Bertz CT molecular complexity index is 736. The highest BCUT2D eigenvalue weighted by molar-refractivity contribution is 7.89. The van der Waals surface area contributed by atoms with E-state index in [1.54, 1.807) is 37.0 Å². The topological polar surface area (TPSA) is 84.2 Å². The summed E-state index contributed by atoms with van der Waals surface area (Å²) < 4.78 is 28.8. The van der Waals surface area contributed by atoms with E-state index in [2.05, 4.69) is 9.82 Å². The second-order valence-corrected chi connectivity index (χ2v) is 6.72. The highest BCUT2D eigenvalue weighted by atomic mass is 32.2. The smallest absolute Gasteiger partial charge is 0.240 e. The molecule has 0 amide bonds. The molecule has 0 spiro atoms. The van der Waals surface area contributed by atoms with Crippen molar-refractivity contribution >= 4 is 10.0 Å². The van der Waals surface area contributed by atoms with Crippen LogP contribution in [0.15, 0.2) is 35.4 Å². The molecule has 1 unspecified atom stereocenters. The van der Waals surface area contributed by atoms with Gasteiger partial charge in [-0.25, -0.2) is 13.1 Å². The van der Waals surface area contributed by atoms with Crippen LogP contribution >= 0.6 is 0 Å². The van der Waals surface area contributed by atoms with E-state index < -0.39 is 16.1 Å². The van der Waals surface area contributed by atoms with Crippen molar-refractivity contribution in [3.63, 3.8) is 0 Å². The zero-order chi connectivity index (χ0) is 15.6. The van der Waals surface area contributed by atoms with Crippen molar-refractivity contribution in [2.45, 2.75) is 31.4 Å². The van der Waals surface area contributed by atoms with E-state index >= 15 is 0 Å². The molecular formula is C14H19N3O3S. The molecule has 21 heavy (non-hydrogen) atoms.